The maximum Gasteiger partial charge on any atom is 0.291 e. The second-order valence-corrected chi connectivity index (χ2v) is 10.0. The number of amides is 2. The monoisotopic (exact) mass is 542 g/mol. The van der Waals surface area contributed by atoms with Crippen LogP contribution in [0.25, 0.3) is 0 Å². The summed E-state index contributed by atoms with van der Waals surface area (Å²) in [5.41, 5.74) is 1.54. The Labute approximate surface area is 225 Å². The SMILES string of the molecule is O=C(NCc1ccc(F)cc1)C1C(=O)C(=O)N(CCN2CCOCC2)C1C1OCC1NCc1ccc(F)cc1. The molecule has 2 aromatic carbocycles. The van der Waals surface area contributed by atoms with Gasteiger partial charge in [0.25, 0.3) is 5.91 Å². The van der Waals surface area contributed by atoms with E-state index in [0.717, 1.165) is 18.7 Å². The molecule has 3 saturated heterocycles. The fourth-order valence-electron chi connectivity index (χ4n) is 5.28. The lowest BCUT2D eigenvalue weighted by Crippen LogP contribution is -2.64. The molecule has 39 heavy (non-hydrogen) atoms. The number of rotatable bonds is 10. The van der Waals surface area contributed by atoms with Crippen molar-refractivity contribution in [1.82, 2.24) is 20.4 Å². The van der Waals surface area contributed by atoms with Gasteiger partial charge in [-0.25, -0.2) is 8.78 Å². The summed E-state index contributed by atoms with van der Waals surface area (Å²) < 4.78 is 37.8. The minimum atomic E-state index is -1.23. The summed E-state index contributed by atoms with van der Waals surface area (Å²) in [6, 6.07) is 10.8. The molecule has 3 aliphatic rings. The van der Waals surface area contributed by atoms with E-state index < -0.39 is 35.7 Å². The van der Waals surface area contributed by atoms with Crippen molar-refractivity contribution in [2.24, 2.45) is 5.92 Å². The predicted octanol–water partition coefficient (Wildman–Crippen LogP) is 0.867. The smallest absolute Gasteiger partial charge is 0.291 e. The lowest BCUT2D eigenvalue weighted by molar-refractivity contribution is -0.150. The van der Waals surface area contributed by atoms with Crippen molar-refractivity contribution >= 4 is 17.6 Å². The van der Waals surface area contributed by atoms with Gasteiger partial charge in [0.15, 0.2) is 0 Å². The maximum atomic E-state index is 13.3. The van der Waals surface area contributed by atoms with Gasteiger partial charge in [-0.3, -0.25) is 19.3 Å². The average molecular weight is 543 g/mol. The molecule has 2 aromatic rings. The Kier molecular flexibility index (Phi) is 8.61. The Hall–Kier alpha value is -3.25. The van der Waals surface area contributed by atoms with Gasteiger partial charge in [-0.1, -0.05) is 24.3 Å². The van der Waals surface area contributed by atoms with Gasteiger partial charge in [-0.2, -0.15) is 0 Å². The number of halogens is 2. The van der Waals surface area contributed by atoms with E-state index in [1.54, 1.807) is 24.3 Å². The van der Waals surface area contributed by atoms with Crippen LogP contribution >= 0.6 is 0 Å². The molecule has 3 heterocycles. The van der Waals surface area contributed by atoms with Crippen molar-refractivity contribution in [3.63, 3.8) is 0 Å². The van der Waals surface area contributed by atoms with E-state index in [1.165, 1.54) is 29.2 Å². The summed E-state index contributed by atoms with van der Waals surface area (Å²) in [4.78, 5) is 43.4. The lowest BCUT2D eigenvalue weighted by Gasteiger charge is -2.45. The van der Waals surface area contributed by atoms with Gasteiger partial charge < -0.3 is 25.0 Å². The van der Waals surface area contributed by atoms with Gasteiger partial charge in [-0.15, -0.1) is 0 Å². The second-order valence-electron chi connectivity index (χ2n) is 10.0. The summed E-state index contributed by atoms with van der Waals surface area (Å²) in [6.07, 6.45) is -0.577. The first-order valence-electron chi connectivity index (χ1n) is 13.2. The highest BCUT2D eigenvalue weighted by Crippen LogP contribution is 2.33. The summed E-state index contributed by atoms with van der Waals surface area (Å²) in [7, 11) is 0. The van der Waals surface area contributed by atoms with Crippen molar-refractivity contribution in [2.75, 3.05) is 46.0 Å². The number of morpholine rings is 1. The van der Waals surface area contributed by atoms with Crippen molar-refractivity contribution in [3.8, 4) is 0 Å². The minimum absolute atomic E-state index is 0.0926. The van der Waals surface area contributed by atoms with Crippen LogP contribution in [0, 0.1) is 17.6 Å². The van der Waals surface area contributed by atoms with Crippen molar-refractivity contribution in [1.29, 1.82) is 0 Å². The quantitative estimate of drug-likeness (QED) is 0.340. The molecule has 2 N–H and O–H groups in total. The fourth-order valence-corrected chi connectivity index (χ4v) is 5.28. The minimum Gasteiger partial charge on any atom is -0.379 e. The molecular formula is C28H32F2N4O5. The Morgan fingerprint density at radius 2 is 1.51 bits per heavy atom. The Bertz CT molecular complexity index is 1170. The number of ketones is 1. The molecule has 0 aliphatic carbocycles. The number of Topliss-reactive ketones (excluding diaryl/α,β-unsaturated/α-hetero) is 1. The number of likely N-dealkylation sites (tertiary alicyclic amines) is 1. The Morgan fingerprint density at radius 1 is 0.897 bits per heavy atom. The van der Waals surface area contributed by atoms with Crippen LogP contribution in [0.1, 0.15) is 11.1 Å². The molecule has 0 saturated carbocycles. The van der Waals surface area contributed by atoms with E-state index >= 15 is 0 Å². The number of ether oxygens (including phenoxy) is 2. The molecule has 0 spiro atoms. The van der Waals surface area contributed by atoms with Gasteiger partial charge >= 0.3 is 0 Å². The van der Waals surface area contributed by atoms with Crippen LogP contribution in [0.5, 0.6) is 0 Å². The van der Waals surface area contributed by atoms with Crippen LogP contribution in [0.3, 0.4) is 0 Å². The summed E-state index contributed by atoms with van der Waals surface area (Å²) in [5, 5.41) is 6.12. The Morgan fingerprint density at radius 3 is 2.10 bits per heavy atom. The highest BCUT2D eigenvalue weighted by atomic mass is 19.1. The first-order valence-corrected chi connectivity index (χ1v) is 13.2. The molecule has 5 rings (SSSR count). The summed E-state index contributed by atoms with van der Waals surface area (Å²) in [5.74, 6) is -3.96. The van der Waals surface area contributed by atoms with Crippen LogP contribution in [0.2, 0.25) is 0 Å². The van der Waals surface area contributed by atoms with Gasteiger partial charge in [0.05, 0.1) is 38.0 Å². The molecule has 0 radical (unpaired) electrons. The molecule has 0 aromatic heterocycles. The molecule has 4 unspecified atom stereocenters. The summed E-state index contributed by atoms with van der Waals surface area (Å²) in [6.45, 7) is 4.37. The van der Waals surface area contributed by atoms with Crippen molar-refractivity contribution in [2.45, 2.75) is 31.3 Å². The second kappa shape index (κ2) is 12.3. The van der Waals surface area contributed by atoms with E-state index in [-0.39, 0.29) is 30.8 Å². The highest BCUT2D eigenvalue weighted by molar-refractivity contribution is 6.43. The van der Waals surface area contributed by atoms with Crippen LogP contribution in [-0.4, -0.2) is 91.6 Å². The van der Waals surface area contributed by atoms with Crippen LogP contribution < -0.4 is 10.6 Å². The molecule has 2 amide bonds. The first kappa shape index (κ1) is 27.3. The number of nitrogens with zero attached hydrogens (tertiary/aromatic N) is 2. The first-order chi connectivity index (χ1) is 18.9. The van der Waals surface area contributed by atoms with Crippen LogP contribution in [-0.2, 0) is 36.9 Å². The normalized spacial score (nSPS) is 25.5. The fraction of sp³-hybridized carbons (Fsp3) is 0.464. The molecule has 0 bridgehead atoms. The maximum absolute atomic E-state index is 13.3. The third kappa shape index (κ3) is 6.33. The molecular weight excluding hydrogens is 510 g/mol. The van der Waals surface area contributed by atoms with E-state index in [9.17, 15) is 23.2 Å². The number of hydrogen-bond acceptors (Lipinski definition) is 7. The standard InChI is InChI=1S/C28H32F2N4O5/c29-20-5-1-18(2-6-20)15-31-22-17-39-26(22)24-23(27(36)32-16-19-3-7-21(30)8-4-19)25(35)28(37)34(24)10-9-33-11-13-38-14-12-33/h1-8,22-24,26,31H,9-17H2,(H,32,36). The third-order valence-electron chi connectivity index (χ3n) is 7.56. The van der Waals surface area contributed by atoms with Gasteiger partial charge in [0, 0.05) is 39.3 Å². The average Bonchev–Trinajstić information content (AvgIpc) is 3.17. The van der Waals surface area contributed by atoms with Crippen molar-refractivity contribution in [3.05, 3.63) is 71.3 Å². The van der Waals surface area contributed by atoms with Crippen LogP contribution in [0.4, 0.5) is 8.78 Å². The topological polar surface area (TPSA) is 100 Å². The Balaban J connectivity index is 1.30. The van der Waals surface area contributed by atoms with E-state index in [4.69, 9.17) is 9.47 Å². The summed E-state index contributed by atoms with van der Waals surface area (Å²) >= 11 is 0. The zero-order valence-electron chi connectivity index (χ0n) is 21.5. The zero-order valence-corrected chi connectivity index (χ0v) is 21.5. The molecule has 9 nitrogen and oxygen atoms in total. The van der Waals surface area contributed by atoms with E-state index in [1.807, 2.05) is 0 Å². The van der Waals surface area contributed by atoms with E-state index in [2.05, 4.69) is 15.5 Å². The zero-order chi connectivity index (χ0) is 27.4. The number of hydrogen-bond donors (Lipinski definition) is 2. The molecule has 3 fully saturated rings. The number of carbonyl (C=O) groups excluding carboxylic acids is 3. The molecule has 208 valence electrons. The third-order valence-corrected chi connectivity index (χ3v) is 7.56. The van der Waals surface area contributed by atoms with Crippen LogP contribution in [0.15, 0.2) is 48.5 Å². The highest BCUT2D eigenvalue weighted by Gasteiger charge is 2.57. The predicted molar refractivity (Wildman–Crippen MR) is 136 cm³/mol. The molecule has 11 heteroatoms. The van der Waals surface area contributed by atoms with Crippen molar-refractivity contribution < 1.29 is 32.6 Å². The van der Waals surface area contributed by atoms with Gasteiger partial charge in [0.2, 0.25) is 11.7 Å². The van der Waals surface area contributed by atoms with Gasteiger partial charge in [-0.05, 0) is 35.4 Å². The number of carbonyl (C=O) groups is 3. The van der Waals surface area contributed by atoms with E-state index in [0.29, 0.717) is 38.5 Å². The number of benzene rings is 2. The lowest BCUT2D eigenvalue weighted by atomic mass is 9.87. The van der Waals surface area contributed by atoms with Gasteiger partial charge in [0.1, 0.15) is 17.6 Å². The molecule has 4 atom stereocenters. The molecule has 3 aliphatic heterocycles. The largest absolute Gasteiger partial charge is 0.379 e. The number of nitrogens with one attached hydrogen (secondary N) is 2.